The molecule has 1 fully saturated rings. The number of carbonyl (C=O) groups excluding carboxylic acids is 2. The first-order chi connectivity index (χ1) is 9.43. The number of benzene rings is 1. The third-order valence-electron chi connectivity index (χ3n) is 3.54. The predicted molar refractivity (Wildman–Crippen MR) is 77.0 cm³/mol. The molecule has 0 atom stereocenters. The maximum absolute atomic E-state index is 12.1. The fraction of sp³-hybridized carbons (Fsp3) is 0.467. The molecule has 1 N–H and O–H groups in total. The number of anilines is 1. The molecule has 2 rings (SSSR count). The molecule has 20 heavy (non-hydrogen) atoms. The van der Waals surface area contributed by atoms with Crippen LogP contribution in [0.5, 0.6) is 0 Å². The Morgan fingerprint density at radius 1 is 1.35 bits per heavy atom. The van der Waals surface area contributed by atoms with E-state index in [1.807, 2.05) is 20.8 Å². The van der Waals surface area contributed by atoms with E-state index in [0.717, 1.165) is 12.1 Å². The highest BCUT2D eigenvalue weighted by atomic mass is 16.6. The lowest BCUT2D eigenvalue weighted by Gasteiger charge is -2.24. The van der Waals surface area contributed by atoms with Crippen LogP contribution >= 0.6 is 0 Å². The second-order valence-corrected chi connectivity index (χ2v) is 5.50. The Bertz CT molecular complexity index is 508. The van der Waals surface area contributed by atoms with Crippen molar-refractivity contribution in [3.8, 4) is 0 Å². The first kappa shape index (κ1) is 14.4. The number of rotatable bonds is 4. The first-order valence-corrected chi connectivity index (χ1v) is 6.80. The third kappa shape index (κ3) is 3.10. The van der Waals surface area contributed by atoms with Crippen molar-refractivity contribution in [1.82, 2.24) is 5.32 Å². The molecule has 0 unspecified atom stereocenters. The van der Waals surface area contributed by atoms with E-state index in [1.54, 1.807) is 29.2 Å². The van der Waals surface area contributed by atoms with E-state index in [2.05, 4.69) is 5.32 Å². The van der Waals surface area contributed by atoms with Gasteiger partial charge in [0.15, 0.2) is 0 Å². The molecule has 1 aromatic carbocycles. The molecule has 1 aromatic rings. The van der Waals surface area contributed by atoms with Crippen LogP contribution in [0.4, 0.5) is 10.5 Å². The zero-order valence-corrected chi connectivity index (χ0v) is 12.1. The van der Waals surface area contributed by atoms with Crippen molar-refractivity contribution in [1.29, 1.82) is 0 Å². The van der Waals surface area contributed by atoms with Crippen LogP contribution in [0.15, 0.2) is 24.3 Å². The normalized spacial score (nSPS) is 15.2. The molecule has 108 valence electrons. The van der Waals surface area contributed by atoms with Gasteiger partial charge in [-0.3, -0.25) is 9.69 Å². The quantitative estimate of drug-likeness (QED) is 0.919. The molecular weight excluding hydrogens is 256 g/mol. The Kier molecular flexibility index (Phi) is 3.97. The Balaban J connectivity index is 2.08. The summed E-state index contributed by atoms with van der Waals surface area (Å²) in [5.74, 6) is -0.104. The molecule has 0 spiro atoms. The number of nitrogens with zero attached hydrogens (tertiary/aromatic N) is 1. The molecule has 1 heterocycles. The predicted octanol–water partition coefficient (Wildman–Crippen LogP) is 2.56. The zero-order chi connectivity index (χ0) is 14.8. The standard InChI is InChI=1S/C15H20N2O3/c1-4-15(2,3)16-13(18)11-5-7-12(8-6-11)17-9-10-20-14(17)19/h5-8H,4,9-10H2,1-3H3,(H,16,18). The number of amides is 2. The Labute approximate surface area is 118 Å². The molecule has 0 bridgehead atoms. The summed E-state index contributed by atoms with van der Waals surface area (Å²) in [4.78, 5) is 25.1. The van der Waals surface area contributed by atoms with E-state index in [4.69, 9.17) is 4.74 Å². The van der Waals surface area contributed by atoms with Crippen molar-refractivity contribution >= 4 is 17.7 Å². The minimum atomic E-state index is -0.339. The highest BCUT2D eigenvalue weighted by Gasteiger charge is 2.24. The Morgan fingerprint density at radius 3 is 2.50 bits per heavy atom. The highest BCUT2D eigenvalue weighted by Crippen LogP contribution is 2.19. The van der Waals surface area contributed by atoms with Gasteiger partial charge >= 0.3 is 6.09 Å². The van der Waals surface area contributed by atoms with Crippen molar-refractivity contribution in [3.63, 3.8) is 0 Å². The van der Waals surface area contributed by atoms with Gasteiger partial charge in [0.05, 0.1) is 6.54 Å². The summed E-state index contributed by atoms with van der Waals surface area (Å²) in [6.45, 7) is 6.96. The fourth-order valence-corrected chi connectivity index (χ4v) is 1.89. The van der Waals surface area contributed by atoms with Crippen molar-refractivity contribution in [2.24, 2.45) is 0 Å². The van der Waals surface area contributed by atoms with Crippen LogP contribution in [0.25, 0.3) is 0 Å². The molecule has 2 amide bonds. The van der Waals surface area contributed by atoms with Gasteiger partial charge in [-0.05, 0) is 44.5 Å². The minimum absolute atomic E-state index is 0.104. The SMILES string of the molecule is CCC(C)(C)NC(=O)c1ccc(N2CCOC2=O)cc1. The van der Waals surface area contributed by atoms with E-state index in [9.17, 15) is 9.59 Å². The van der Waals surface area contributed by atoms with Crippen LogP contribution in [-0.4, -0.2) is 30.7 Å². The van der Waals surface area contributed by atoms with Crippen LogP contribution in [0, 0.1) is 0 Å². The summed E-state index contributed by atoms with van der Waals surface area (Å²) in [6, 6.07) is 6.98. The number of ether oxygens (including phenoxy) is 1. The lowest BCUT2D eigenvalue weighted by atomic mass is 10.0. The molecule has 0 radical (unpaired) electrons. The molecule has 0 aromatic heterocycles. The van der Waals surface area contributed by atoms with Crippen LogP contribution in [-0.2, 0) is 4.74 Å². The van der Waals surface area contributed by atoms with E-state index < -0.39 is 0 Å². The van der Waals surface area contributed by atoms with E-state index in [-0.39, 0.29) is 17.5 Å². The van der Waals surface area contributed by atoms with Gasteiger partial charge in [0.25, 0.3) is 5.91 Å². The molecule has 1 aliphatic heterocycles. The number of hydrogen-bond donors (Lipinski definition) is 1. The molecule has 1 saturated heterocycles. The van der Waals surface area contributed by atoms with Crippen molar-refractivity contribution in [2.75, 3.05) is 18.1 Å². The molecule has 5 nitrogen and oxygen atoms in total. The number of nitrogens with one attached hydrogen (secondary N) is 1. The summed E-state index contributed by atoms with van der Waals surface area (Å²) in [5, 5.41) is 2.98. The van der Waals surface area contributed by atoms with Gasteiger partial charge in [-0.2, -0.15) is 0 Å². The molecular formula is C15H20N2O3. The molecule has 0 saturated carbocycles. The summed E-state index contributed by atoms with van der Waals surface area (Å²) in [5.41, 5.74) is 1.11. The third-order valence-corrected chi connectivity index (χ3v) is 3.54. The van der Waals surface area contributed by atoms with E-state index >= 15 is 0 Å². The lowest BCUT2D eigenvalue weighted by molar-refractivity contribution is 0.0911. The zero-order valence-electron chi connectivity index (χ0n) is 12.1. The second-order valence-electron chi connectivity index (χ2n) is 5.50. The van der Waals surface area contributed by atoms with Gasteiger partial charge in [0.2, 0.25) is 0 Å². The lowest BCUT2D eigenvalue weighted by Crippen LogP contribution is -2.42. The topological polar surface area (TPSA) is 58.6 Å². The van der Waals surface area contributed by atoms with Crippen molar-refractivity contribution in [2.45, 2.75) is 32.7 Å². The fourth-order valence-electron chi connectivity index (χ4n) is 1.89. The van der Waals surface area contributed by atoms with E-state index in [1.165, 1.54) is 0 Å². The van der Waals surface area contributed by atoms with Gasteiger partial charge in [-0.15, -0.1) is 0 Å². The average molecular weight is 276 g/mol. The summed E-state index contributed by atoms with van der Waals surface area (Å²) >= 11 is 0. The van der Waals surface area contributed by atoms with E-state index in [0.29, 0.717) is 18.7 Å². The van der Waals surface area contributed by atoms with Crippen LogP contribution in [0.2, 0.25) is 0 Å². The molecule has 0 aliphatic carbocycles. The van der Waals surface area contributed by atoms with Crippen molar-refractivity contribution in [3.05, 3.63) is 29.8 Å². The summed E-state index contributed by atoms with van der Waals surface area (Å²) < 4.78 is 4.89. The average Bonchev–Trinajstić information content (AvgIpc) is 2.85. The van der Waals surface area contributed by atoms with Gasteiger partial charge in [-0.25, -0.2) is 4.79 Å². The van der Waals surface area contributed by atoms with Gasteiger partial charge < -0.3 is 10.1 Å². The molecule has 5 heteroatoms. The van der Waals surface area contributed by atoms with Crippen LogP contribution in [0.1, 0.15) is 37.6 Å². The largest absolute Gasteiger partial charge is 0.447 e. The second kappa shape index (κ2) is 5.53. The Hall–Kier alpha value is -2.04. The summed E-state index contributed by atoms with van der Waals surface area (Å²) in [6.07, 6.45) is 0.519. The van der Waals surface area contributed by atoms with Crippen molar-refractivity contribution < 1.29 is 14.3 Å². The Morgan fingerprint density at radius 2 is 2.00 bits per heavy atom. The van der Waals surface area contributed by atoms with Crippen LogP contribution in [0.3, 0.4) is 0 Å². The number of carbonyl (C=O) groups is 2. The monoisotopic (exact) mass is 276 g/mol. The summed E-state index contributed by atoms with van der Waals surface area (Å²) in [7, 11) is 0. The maximum Gasteiger partial charge on any atom is 0.414 e. The smallest absolute Gasteiger partial charge is 0.414 e. The van der Waals surface area contributed by atoms with Crippen LogP contribution < -0.4 is 10.2 Å². The van der Waals surface area contributed by atoms with Gasteiger partial charge in [0, 0.05) is 16.8 Å². The minimum Gasteiger partial charge on any atom is -0.447 e. The number of hydrogen-bond acceptors (Lipinski definition) is 3. The number of cyclic esters (lactones) is 1. The van der Waals surface area contributed by atoms with Gasteiger partial charge in [0.1, 0.15) is 6.61 Å². The van der Waals surface area contributed by atoms with Gasteiger partial charge in [-0.1, -0.05) is 6.92 Å². The highest BCUT2D eigenvalue weighted by molar-refractivity contribution is 5.96. The molecule has 1 aliphatic rings. The first-order valence-electron chi connectivity index (χ1n) is 6.80. The maximum atomic E-state index is 12.1.